The first kappa shape index (κ1) is 39.2. The first-order valence-corrected chi connectivity index (χ1v) is 19.2. The smallest absolute Gasteiger partial charge is 0.326 e. The Kier molecular flexibility index (Phi) is 11.1. The first-order chi connectivity index (χ1) is 25.5. The summed E-state index contributed by atoms with van der Waals surface area (Å²) in [5.74, 6) is 0.540. The number of likely N-dealkylation sites (tertiary alicyclic amines) is 1. The molecule has 2 aliphatic heterocycles. The number of urea groups is 1. The van der Waals surface area contributed by atoms with E-state index in [1.165, 1.54) is 6.07 Å². The van der Waals surface area contributed by atoms with E-state index in [0.717, 1.165) is 16.8 Å². The summed E-state index contributed by atoms with van der Waals surface area (Å²) in [7, 11) is 0. The molecular weight excluding hydrogens is 724 g/mol. The third-order valence-corrected chi connectivity index (χ3v) is 11.4. The number of aromatic nitrogens is 1. The molecule has 3 aromatic carbocycles. The number of hydrogen-bond acceptors (Lipinski definition) is 5. The lowest BCUT2D eigenvalue weighted by molar-refractivity contribution is -0.117. The number of amidine groups is 1. The van der Waals surface area contributed by atoms with Gasteiger partial charge in [-0.25, -0.2) is 9.18 Å². The predicted molar refractivity (Wildman–Crippen MR) is 214 cm³/mol. The minimum atomic E-state index is -1.07. The summed E-state index contributed by atoms with van der Waals surface area (Å²) in [5.41, 5.74) is 1.80. The Hall–Kier alpha value is -4.47. The molecule has 284 valence electrons. The predicted octanol–water partition coefficient (Wildman–Crippen LogP) is 10.3. The molecule has 0 bridgehead atoms. The second-order valence-corrected chi connectivity index (χ2v) is 16.5. The number of nitrogens with zero attached hydrogens (tertiary/aromatic N) is 4. The third kappa shape index (κ3) is 7.58. The number of amides is 3. The fourth-order valence-corrected chi connectivity index (χ4v) is 7.72. The number of anilines is 1. The largest absolute Gasteiger partial charge is 0.493 e. The van der Waals surface area contributed by atoms with Crippen molar-refractivity contribution in [1.29, 1.82) is 0 Å². The highest BCUT2D eigenvalue weighted by Crippen LogP contribution is 2.54. The molecule has 0 saturated carbocycles. The molecule has 3 heterocycles. The molecule has 0 unspecified atom stereocenters. The average molecular weight is 773 g/mol. The van der Waals surface area contributed by atoms with Gasteiger partial charge in [-0.3, -0.25) is 19.7 Å². The maximum Gasteiger partial charge on any atom is 0.326 e. The van der Waals surface area contributed by atoms with Crippen molar-refractivity contribution in [1.82, 2.24) is 14.8 Å². The molecule has 2 aliphatic rings. The Bertz CT molecular complexity index is 2060. The maximum atomic E-state index is 15.3. The van der Waals surface area contributed by atoms with Crippen LogP contribution in [0.25, 0.3) is 0 Å². The van der Waals surface area contributed by atoms with Gasteiger partial charge in [-0.2, -0.15) is 0 Å². The molecule has 1 saturated heterocycles. The molecule has 3 amide bonds. The molecule has 1 fully saturated rings. The number of nitrogens with one attached hydrogen (secondary N) is 1. The quantitative estimate of drug-likeness (QED) is 0.193. The van der Waals surface area contributed by atoms with Crippen molar-refractivity contribution in [3.8, 4) is 5.75 Å². The zero-order valence-corrected chi connectivity index (χ0v) is 33.5. The number of piperidine rings is 1. The zero-order chi connectivity index (χ0) is 39.0. The second-order valence-electron chi connectivity index (χ2n) is 15.6. The van der Waals surface area contributed by atoms with E-state index >= 15 is 4.79 Å². The van der Waals surface area contributed by atoms with Crippen LogP contribution in [0.5, 0.6) is 5.75 Å². The fraction of sp³-hybridized carbons (Fsp3) is 0.395. The maximum absolute atomic E-state index is 15.3. The lowest BCUT2D eigenvalue weighted by Gasteiger charge is -2.47. The molecular formula is C43H48Cl2FN5O3. The highest BCUT2D eigenvalue weighted by Gasteiger charge is 2.60. The minimum Gasteiger partial charge on any atom is -0.493 e. The molecule has 2 atom stereocenters. The standard InChI is InChI=1S/C43H48Cl2FN5O3/c1-8-54-36-25-37(41(3,4)5)47-26-34(36)39-49-42(6,29-10-14-31(44)15-11-29)43(7,30-12-16-32(45)17-13-30)51(39)40(53)50-21-19-28(20-22-50)23-38(52)48-33-18-9-27(2)35(46)24-33/h9-18,24-26,28H,8,19-23H2,1-7H3,(H,48,52)/t42-,43+/m0/s1. The summed E-state index contributed by atoms with van der Waals surface area (Å²) < 4.78 is 20.4. The van der Waals surface area contributed by atoms with Crippen molar-refractivity contribution < 1.29 is 18.7 Å². The van der Waals surface area contributed by atoms with Crippen LogP contribution in [-0.2, 0) is 21.3 Å². The molecule has 8 nitrogen and oxygen atoms in total. The highest BCUT2D eigenvalue weighted by atomic mass is 35.5. The molecule has 0 radical (unpaired) electrons. The fourth-order valence-electron chi connectivity index (χ4n) is 7.47. The van der Waals surface area contributed by atoms with Crippen LogP contribution >= 0.6 is 23.2 Å². The number of carbonyl (C=O) groups is 2. The zero-order valence-electron chi connectivity index (χ0n) is 32.0. The number of benzene rings is 3. The Morgan fingerprint density at radius 1 is 0.944 bits per heavy atom. The van der Waals surface area contributed by atoms with Crippen molar-refractivity contribution in [2.24, 2.45) is 10.9 Å². The summed E-state index contributed by atoms with van der Waals surface area (Å²) in [6.07, 6.45) is 3.29. The van der Waals surface area contributed by atoms with Crippen molar-refractivity contribution in [2.45, 2.75) is 84.2 Å². The second kappa shape index (κ2) is 15.3. The van der Waals surface area contributed by atoms with Gasteiger partial charge in [0.1, 0.15) is 28.5 Å². The van der Waals surface area contributed by atoms with Crippen LogP contribution in [0.1, 0.15) is 88.8 Å². The number of halogens is 3. The minimum absolute atomic E-state index is 0.0525. The van der Waals surface area contributed by atoms with Gasteiger partial charge in [-0.1, -0.05) is 74.3 Å². The van der Waals surface area contributed by atoms with Gasteiger partial charge < -0.3 is 15.0 Å². The van der Waals surface area contributed by atoms with Crippen molar-refractivity contribution in [3.05, 3.63) is 123 Å². The van der Waals surface area contributed by atoms with E-state index < -0.39 is 11.1 Å². The van der Waals surface area contributed by atoms with Crippen molar-refractivity contribution in [3.63, 3.8) is 0 Å². The van der Waals surface area contributed by atoms with Crippen LogP contribution < -0.4 is 10.1 Å². The van der Waals surface area contributed by atoms with Gasteiger partial charge in [0, 0.05) is 58.6 Å². The number of hydrogen-bond donors (Lipinski definition) is 1. The summed E-state index contributed by atoms with van der Waals surface area (Å²) in [6.45, 7) is 15.3. The van der Waals surface area contributed by atoms with Crippen molar-refractivity contribution in [2.75, 3.05) is 25.0 Å². The Morgan fingerprint density at radius 2 is 1.56 bits per heavy atom. The number of ether oxygens (including phenoxy) is 1. The van der Waals surface area contributed by atoms with Gasteiger partial charge >= 0.3 is 6.03 Å². The van der Waals surface area contributed by atoms with Gasteiger partial charge in [0.25, 0.3) is 0 Å². The Labute approximate surface area is 327 Å². The normalized spacial score (nSPS) is 20.5. The van der Waals surface area contributed by atoms with E-state index in [-0.39, 0.29) is 35.5 Å². The monoisotopic (exact) mass is 771 g/mol. The van der Waals surface area contributed by atoms with Crippen LogP contribution in [0.15, 0.2) is 84.0 Å². The summed E-state index contributed by atoms with van der Waals surface area (Å²) in [4.78, 5) is 42.3. The van der Waals surface area contributed by atoms with Gasteiger partial charge in [0.15, 0.2) is 0 Å². The first-order valence-electron chi connectivity index (χ1n) is 18.5. The molecule has 1 aromatic heterocycles. The van der Waals surface area contributed by atoms with E-state index in [4.69, 9.17) is 37.9 Å². The molecule has 0 aliphatic carbocycles. The number of aliphatic imine (C=N–C) groups is 1. The molecule has 54 heavy (non-hydrogen) atoms. The molecule has 0 spiro atoms. The van der Waals surface area contributed by atoms with Crippen molar-refractivity contribution >= 4 is 46.7 Å². The number of rotatable bonds is 8. The molecule has 6 rings (SSSR count). The van der Waals surface area contributed by atoms with Crippen LogP contribution in [0.4, 0.5) is 14.9 Å². The molecule has 1 N–H and O–H groups in total. The van der Waals surface area contributed by atoms with Gasteiger partial charge in [0.2, 0.25) is 5.91 Å². The Balaban J connectivity index is 1.39. The number of carbonyl (C=O) groups excluding carboxylic acids is 2. The lowest BCUT2D eigenvalue weighted by atomic mass is 9.71. The lowest BCUT2D eigenvalue weighted by Crippen LogP contribution is -2.59. The highest BCUT2D eigenvalue weighted by molar-refractivity contribution is 6.30. The van der Waals surface area contributed by atoms with Crippen LogP contribution in [-0.4, -0.2) is 52.3 Å². The van der Waals surface area contributed by atoms with E-state index in [1.807, 2.05) is 80.3 Å². The van der Waals surface area contributed by atoms with Gasteiger partial charge in [-0.05, 0) is 99.5 Å². The van der Waals surface area contributed by atoms with Gasteiger partial charge in [-0.15, -0.1) is 0 Å². The van der Waals surface area contributed by atoms with Crippen LogP contribution in [0.2, 0.25) is 10.0 Å². The summed E-state index contributed by atoms with van der Waals surface area (Å²) in [6, 6.07) is 21.6. The average Bonchev–Trinajstić information content (AvgIpc) is 3.37. The topological polar surface area (TPSA) is 87.1 Å². The molecule has 11 heteroatoms. The Morgan fingerprint density at radius 3 is 2.13 bits per heavy atom. The number of aryl methyl sites for hydroxylation is 1. The van der Waals surface area contributed by atoms with Crippen LogP contribution in [0.3, 0.4) is 0 Å². The number of pyridine rings is 1. The SMILES string of the molecule is CCOc1cc(C(C)(C)C)ncc1C1=N[C@@](C)(c2ccc(Cl)cc2)[C@@](C)(c2ccc(Cl)cc2)N1C(=O)N1CCC(CC(=O)Nc2ccc(C)c(F)c2)CC1. The van der Waals surface area contributed by atoms with Gasteiger partial charge in [0.05, 0.1) is 12.2 Å². The third-order valence-electron chi connectivity index (χ3n) is 10.9. The van der Waals surface area contributed by atoms with E-state index in [2.05, 4.69) is 26.1 Å². The summed E-state index contributed by atoms with van der Waals surface area (Å²) in [5, 5.41) is 4.00. The van der Waals surface area contributed by atoms with Crippen LogP contribution in [0, 0.1) is 18.7 Å². The molecule has 4 aromatic rings. The van der Waals surface area contributed by atoms with E-state index in [0.29, 0.717) is 71.0 Å². The van der Waals surface area contributed by atoms with E-state index in [9.17, 15) is 9.18 Å². The van der Waals surface area contributed by atoms with E-state index in [1.54, 1.807) is 30.2 Å². The summed E-state index contributed by atoms with van der Waals surface area (Å²) >= 11 is 12.8.